The maximum absolute atomic E-state index is 13.0. The van der Waals surface area contributed by atoms with Crippen LogP contribution in [0.25, 0.3) is 0 Å². The van der Waals surface area contributed by atoms with E-state index >= 15 is 0 Å². The molecule has 138 valence electrons. The molecule has 0 N–H and O–H groups in total. The molecule has 0 radical (unpaired) electrons. The minimum atomic E-state index is 0.120. The number of carbonyl (C=O) groups is 2. The molecule has 1 saturated carbocycles. The molecule has 2 heterocycles. The summed E-state index contributed by atoms with van der Waals surface area (Å²) in [6.07, 6.45) is 4.23. The molecule has 1 aliphatic carbocycles. The van der Waals surface area contributed by atoms with Gasteiger partial charge in [0, 0.05) is 49.5 Å². The number of hydrogen-bond donors (Lipinski definition) is 0. The number of carbonyl (C=O) groups excluding carboxylic acids is 2. The Kier molecular flexibility index (Phi) is 5.21. The lowest BCUT2D eigenvalue weighted by atomic mass is 10.0. The van der Waals surface area contributed by atoms with Gasteiger partial charge in [-0.3, -0.25) is 9.59 Å². The van der Waals surface area contributed by atoms with Gasteiger partial charge in [0.2, 0.25) is 5.91 Å². The number of piperazine rings is 1. The molecule has 1 aliphatic heterocycles. The molecule has 0 unspecified atom stereocenters. The van der Waals surface area contributed by atoms with Gasteiger partial charge in [0.15, 0.2) is 0 Å². The van der Waals surface area contributed by atoms with E-state index in [1.165, 1.54) is 18.5 Å². The van der Waals surface area contributed by atoms with Crippen molar-refractivity contribution in [3.63, 3.8) is 0 Å². The molecule has 1 aromatic rings. The molecule has 0 aromatic carbocycles. The first-order valence-electron chi connectivity index (χ1n) is 9.74. The van der Waals surface area contributed by atoms with Crippen molar-refractivity contribution in [1.29, 1.82) is 0 Å². The van der Waals surface area contributed by atoms with E-state index in [2.05, 4.69) is 32.3 Å². The van der Waals surface area contributed by atoms with Crippen molar-refractivity contribution in [2.45, 2.75) is 59.4 Å². The molecule has 0 bridgehead atoms. The first kappa shape index (κ1) is 18.0. The Morgan fingerprint density at radius 1 is 1.04 bits per heavy atom. The molecular formula is C20H31N3O2. The lowest BCUT2D eigenvalue weighted by Gasteiger charge is -2.36. The summed E-state index contributed by atoms with van der Waals surface area (Å²) in [7, 11) is 0. The summed E-state index contributed by atoms with van der Waals surface area (Å²) >= 11 is 0. The zero-order valence-corrected chi connectivity index (χ0v) is 16.0. The summed E-state index contributed by atoms with van der Waals surface area (Å²) in [6.45, 7) is 10.9. The van der Waals surface area contributed by atoms with Gasteiger partial charge in [-0.2, -0.15) is 0 Å². The Morgan fingerprint density at radius 3 is 2.12 bits per heavy atom. The Labute approximate surface area is 151 Å². The van der Waals surface area contributed by atoms with Crippen LogP contribution in [-0.2, 0) is 4.79 Å². The predicted octanol–water partition coefficient (Wildman–Crippen LogP) is 3.16. The van der Waals surface area contributed by atoms with Crippen molar-refractivity contribution in [3.8, 4) is 0 Å². The van der Waals surface area contributed by atoms with Gasteiger partial charge in [-0.05, 0) is 45.6 Å². The Balaban J connectivity index is 1.64. The summed E-state index contributed by atoms with van der Waals surface area (Å²) in [5, 5.41) is 0. The predicted molar refractivity (Wildman–Crippen MR) is 98.7 cm³/mol. The zero-order chi connectivity index (χ0) is 18.1. The summed E-state index contributed by atoms with van der Waals surface area (Å²) < 4.78 is 2.32. The van der Waals surface area contributed by atoms with Gasteiger partial charge < -0.3 is 14.4 Å². The quantitative estimate of drug-likeness (QED) is 0.823. The van der Waals surface area contributed by atoms with Crippen LogP contribution in [0.3, 0.4) is 0 Å². The van der Waals surface area contributed by atoms with Crippen LogP contribution in [-0.4, -0.2) is 52.4 Å². The Bertz CT molecular complexity index is 648. The second kappa shape index (κ2) is 7.22. The number of aromatic nitrogens is 1. The van der Waals surface area contributed by atoms with Crippen molar-refractivity contribution in [2.75, 3.05) is 26.2 Å². The van der Waals surface area contributed by atoms with Gasteiger partial charge in [0.05, 0.1) is 5.56 Å². The minimum absolute atomic E-state index is 0.120. The van der Waals surface area contributed by atoms with Gasteiger partial charge in [0.1, 0.15) is 0 Å². The molecule has 1 aromatic heterocycles. The fourth-order valence-electron chi connectivity index (χ4n) is 4.08. The second-order valence-electron chi connectivity index (χ2n) is 7.52. The fourth-order valence-corrected chi connectivity index (χ4v) is 4.08. The van der Waals surface area contributed by atoms with E-state index in [9.17, 15) is 9.59 Å². The summed E-state index contributed by atoms with van der Waals surface area (Å²) in [5.41, 5.74) is 3.12. The molecule has 2 aliphatic rings. The molecule has 0 atom stereocenters. The monoisotopic (exact) mass is 345 g/mol. The third-order valence-corrected chi connectivity index (χ3v) is 5.84. The van der Waals surface area contributed by atoms with Crippen molar-refractivity contribution in [3.05, 3.63) is 23.0 Å². The molecule has 1 saturated heterocycles. The zero-order valence-electron chi connectivity index (χ0n) is 16.0. The Morgan fingerprint density at radius 2 is 1.60 bits per heavy atom. The van der Waals surface area contributed by atoms with E-state index in [1.807, 2.05) is 15.9 Å². The summed E-state index contributed by atoms with van der Waals surface area (Å²) in [4.78, 5) is 29.3. The van der Waals surface area contributed by atoms with Crippen molar-refractivity contribution < 1.29 is 9.59 Å². The molecule has 2 fully saturated rings. The SMILES string of the molecule is CCC(CC)C(=O)N1CCN(C(=O)c2cc(C)n(C3CC3)c2C)CC1. The van der Waals surface area contributed by atoms with Crippen molar-refractivity contribution in [1.82, 2.24) is 14.4 Å². The van der Waals surface area contributed by atoms with Crippen LogP contribution in [0.15, 0.2) is 6.07 Å². The molecule has 25 heavy (non-hydrogen) atoms. The van der Waals surface area contributed by atoms with Crippen molar-refractivity contribution in [2.24, 2.45) is 5.92 Å². The average Bonchev–Trinajstić information content (AvgIpc) is 3.40. The van der Waals surface area contributed by atoms with Gasteiger partial charge >= 0.3 is 0 Å². The van der Waals surface area contributed by atoms with Gasteiger partial charge in [-0.25, -0.2) is 0 Å². The largest absolute Gasteiger partial charge is 0.345 e. The highest BCUT2D eigenvalue weighted by Gasteiger charge is 2.31. The van der Waals surface area contributed by atoms with Crippen LogP contribution in [0.4, 0.5) is 0 Å². The first-order chi connectivity index (χ1) is 12.0. The topological polar surface area (TPSA) is 45.6 Å². The van der Waals surface area contributed by atoms with Crippen LogP contribution >= 0.6 is 0 Å². The van der Waals surface area contributed by atoms with E-state index < -0.39 is 0 Å². The van der Waals surface area contributed by atoms with Crippen LogP contribution in [0.2, 0.25) is 0 Å². The highest BCUT2D eigenvalue weighted by atomic mass is 16.2. The average molecular weight is 345 g/mol. The van der Waals surface area contributed by atoms with Crippen LogP contribution < -0.4 is 0 Å². The molecule has 5 heteroatoms. The molecule has 0 spiro atoms. The molecule has 3 rings (SSSR count). The summed E-state index contributed by atoms with van der Waals surface area (Å²) in [5.74, 6) is 0.498. The van der Waals surface area contributed by atoms with E-state index in [1.54, 1.807) is 0 Å². The lowest BCUT2D eigenvalue weighted by molar-refractivity contribution is -0.137. The highest BCUT2D eigenvalue weighted by Crippen LogP contribution is 2.38. The number of rotatable bonds is 5. The lowest BCUT2D eigenvalue weighted by Crippen LogP contribution is -2.52. The van der Waals surface area contributed by atoms with E-state index in [4.69, 9.17) is 0 Å². The van der Waals surface area contributed by atoms with Crippen LogP contribution in [0.1, 0.15) is 67.3 Å². The standard InChI is InChI=1S/C20H31N3O2/c1-5-16(6-2)19(24)21-9-11-22(12-10-21)20(25)18-13-14(3)23(15(18)4)17-7-8-17/h13,16-17H,5-12H2,1-4H3. The number of aryl methyl sites for hydroxylation is 1. The van der Waals surface area contributed by atoms with Crippen LogP contribution in [0.5, 0.6) is 0 Å². The third-order valence-electron chi connectivity index (χ3n) is 5.84. The van der Waals surface area contributed by atoms with Gasteiger partial charge in [-0.15, -0.1) is 0 Å². The third kappa shape index (κ3) is 3.46. The maximum Gasteiger partial charge on any atom is 0.255 e. The Hall–Kier alpha value is -1.78. The van der Waals surface area contributed by atoms with E-state index in [0.29, 0.717) is 32.2 Å². The maximum atomic E-state index is 13.0. The van der Waals surface area contributed by atoms with E-state index in [-0.39, 0.29) is 17.7 Å². The van der Waals surface area contributed by atoms with Crippen molar-refractivity contribution >= 4 is 11.8 Å². The van der Waals surface area contributed by atoms with Gasteiger partial charge in [-0.1, -0.05) is 13.8 Å². The molecule has 5 nitrogen and oxygen atoms in total. The van der Waals surface area contributed by atoms with Gasteiger partial charge in [0.25, 0.3) is 5.91 Å². The number of nitrogens with zero attached hydrogens (tertiary/aromatic N) is 3. The normalized spacial score (nSPS) is 18.1. The summed E-state index contributed by atoms with van der Waals surface area (Å²) in [6, 6.07) is 2.63. The first-order valence-corrected chi connectivity index (χ1v) is 9.74. The van der Waals surface area contributed by atoms with E-state index in [0.717, 1.165) is 24.1 Å². The molecular weight excluding hydrogens is 314 g/mol. The van der Waals surface area contributed by atoms with Crippen LogP contribution in [0, 0.1) is 19.8 Å². The number of hydrogen-bond acceptors (Lipinski definition) is 2. The number of amides is 2. The second-order valence-corrected chi connectivity index (χ2v) is 7.52. The highest BCUT2D eigenvalue weighted by molar-refractivity contribution is 5.96. The fraction of sp³-hybridized carbons (Fsp3) is 0.700. The minimum Gasteiger partial charge on any atom is -0.345 e. The smallest absolute Gasteiger partial charge is 0.255 e. The molecule has 2 amide bonds.